The van der Waals surface area contributed by atoms with Crippen LogP contribution in [-0.4, -0.2) is 30.8 Å². The van der Waals surface area contributed by atoms with Crippen molar-refractivity contribution in [3.8, 4) is 0 Å². The monoisotopic (exact) mass is 214 g/mol. The number of alkyl carbamates (subject to hydrolysis) is 1. The van der Waals surface area contributed by atoms with Crippen molar-refractivity contribution in [1.82, 2.24) is 10.6 Å². The molecule has 1 aliphatic heterocycles. The Morgan fingerprint density at radius 1 is 1.53 bits per heavy atom. The Labute approximate surface area is 91.8 Å². The van der Waals surface area contributed by atoms with Crippen LogP contribution in [0.5, 0.6) is 0 Å². The molecule has 4 heteroatoms. The van der Waals surface area contributed by atoms with Gasteiger partial charge in [-0.3, -0.25) is 0 Å². The highest BCUT2D eigenvalue weighted by atomic mass is 16.6. The number of ether oxygens (including phenoxy) is 1. The number of hydrogen-bond donors (Lipinski definition) is 2. The molecule has 1 heterocycles. The lowest BCUT2D eigenvalue weighted by atomic mass is 10.1. The minimum absolute atomic E-state index is 0.319. The zero-order valence-corrected chi connectivity index (χ0v) is 9.93. The van der Waals surface area contributed by atoms with Gasteiger partial charge in [-0.05, 0) is 46.6 Å². The molecule has 0 saturated carbocycles. The highest BCUT2D eigenvalue weighted by Gasteiger charge is 2.17. The molecule has 15 heavy (non-hydrogen) atoms. The number of amides is 1. The third-order valence-corrected chi connectivity index (χ3v) is 2.32. The van der Waals surface area contributed by atoms with Crippen molar-refractivity contribution < 1.29 is 9.53 Å². The van der Waals surface area contributed by atoms with Crippen molar-refractivity contribution in [3.63, 3.8) is 0 Å². The molecule has 0 aromatic carbocycles. The summed E-state index contributed by atoms with van der Waals surface area (Å²) in [4.78, 5) is 11.3. The van der Waals surface area contributed by atoms with Gasteiger partial charge in [0.05, 0.1) is 0 Å². The van der Waals surface area contributed by atoms with Gasteiger partial charge in [-0.15, -0.1) is 0 Å². The molecule has 4 nitrogen and oxygen atoms in total. The van der Waals surface area contributed by atoms with Gasteiger partial charge in [0.2, 0.25) is 0 Å². The van der Waals surface area contributed by atoms with Crippen LogP contribution in [0.25, 0.3) is 0 Å². The highest BCUT2D eigenvalue weighted by Crippen LogP contribution is 2.08. The van der Waals surface area contributed by atoms with Crippen molar-refractivity contribution >= 4 is 6.09 Å². The lowest BCUT2D eigenvalue weighted by molar-refractivity contribution is 0.0526. The summed E-state index contributed by atoms with van der Waals surface area (Å²) in [6, 6.07) is 0.569. The van der Waals surface area contributed by atoms with E-state index >= 15 is 0 Å². The Morgan fingerprint density at radius 2 is 2.27 bits per heavy atom. The lowest BCUT2D eigenvalue weighted by Gasteiger charge is -2.20. The first-order valence-corrected chi connectivity index (χ1v) is 5.67. The van der Waals surface area contributed by atoms with Crippen molar-refractivity contribution in [2.24, 2.45) is 0 Å². The molecule has 1 rings (SSSR count). The largest absolute Gasteiger partial charge is 0.444 e. The Morgan fingerprint density at radius 3 is 2.80 bits per heavy atom. The molecule has 1 aliphatic rings. The van der Waals surface area contributed by atoms with E-state index in [1.54, 1.807) is 0 Å². The van der Waals surface area contributed by atoms with Gasteiger partial charge in [-0.2, -0.15) is 0 Å². The van der Waals surface area contributed by atoms with E-state index in [0.29, 0.717) is 12.6 Å². The van der Waals surface area contributed by atoms with Gasteiger partial charge in [0.15, 0.2) is 0 Å². The van der Waals surface area contributed by atoms with Crippen LogP contribution in [-0.2, 0) is 4.74 Å². The summed E-state index contributed by atoms with van der Waals surface area (Å²) in [6.07, 6.45) is 3.13. The molecule has 0 aromatic heterocycles. The molecular weight excluding hydrogens is 192 g/mol. The van der Waals surface area contributed by atoms with Gasteiger partial charge in [-0.25, -0.2) is 4.79 Å². The molecule has 2 N–H and O–H groups in total. The summed E-state index contributed by atoms with van der Waals surface area (Å²) in [7, 11) is 0. The predicted octanol–water partition coefficient (Wildman–Crippen LogP) is 1.65. The second kappa shape index (κ2) is 5.35. The fourth-order valence-electron chi connectivity index (χ4n) is 1.67. The molecule has 0 radical (unpaired) electrons. The van der Waals surface area contributed by atoms with Crippen molar-refractivity contribution in [2.75, 3.05) is 13.1 Å². The Bertz CT molecular complexity index is 205. The summed E-state index contributed by atoms with van der Waals surface area (Å²) in [6.45, 7) is 7.39. The molecule has 1 saturated heterocycles. The number of hydrogen-bond acceptors (Lipinski definition) is 3. The maximum atomic E-state index is 11.3. The average molecular weight is 214 g/mol. The first kappa shape index (κ1) is 12.3. The number of rotatable bonds is 3. The zero-order chi connectivity index (χ0) is 11.3. The predicted molar refractivity (Wildman–Crippen MR) is 59.9 cm³/mol. The molecule has 0 aromatic rings. The van der Waals surface area contributed by atoms with Crippen LogP contribution in [0.3, 0.4) is 0 Å². The first-order chi connectivity index (χ1) is 6.97. The Hall–Kier alpha value is -0.770. The number of nitrogens with one attached hydrogen (secondary N) is 2. The van der Waals surface area contributed by atoms with Crippen LogP contribution in [0.15, 0.2) is 0 Å². The fraction of sp³-hybridized carbons (Fsp3) is 0.909. The summed E-state index contributed by atoms with van der Waals surface area (Å²) in [5.41, 5.74) is -0.407. The summed E-state index contributed by atoms with van der Waals surface area (Å²) in [5.74, 6) is 0. The van der Waals surface area contributed by atoms with Crippen LogP contribution < -0.4 is 10.6 Å². The van der Waals surface area contributed by atoms with E-state index in [0.717, 1.165) is 13.0 Å². The highest BCUT2D eigenvalue weighted by molar-refractivity contribution is 5.67. The van der Waals surface area contributed by atoms with E-state index in [1.807, 2.05) is 20.8 Å². The SMILES string of the molecule is CC(C)(C)OC(=O)NCC[C@@H]1CCCN1. The molecule has 0 unspecified atom stereocenters. The normalized spacial score (nSPS) is 21.4. The minimum atomic E-state index is -0.407. The number of carbonyl (C=O) groups excluding carboxylic acids is 1. The summed E-state index contributed by atoms with van der Waals surface area (Å²) >= 11 is 0. The van der Waals surface area contributed by atoms with E-state index in [-0.39, 0.29) is 6.09 Å². The molecule has 1 atom stereocenters. The number of carbonyl (C=O) groups is 1. The molecule has 0 bridgehead atoms. The van der Waals surface area contributed by atoms with Gasteiger partial charge in [0.1, 0.15) is 5.60 Å². The maximum absolute atomic E-state index is 11.3. The molecule has 1 fully saturated rings. The van der Waals surface area contributed by atoms with E-state index in [1.165, 1.54) is 12.8 Å². The molecule has 0 spiro atoms. The molecular formula is C11H22N2O2. The van der Waals surface area contributed by atoms with Crippen LogP contribution in [0.1, 0.15) is 40.0 Å². The van der Waals surface area contributed by atoms with Crippen molar-refractivity contribution in [1.29, 1.82) is 0 Å². The van der Waals surface area contributed by atoms with Gasteiger partial charge >= 0.3 is 6.09 Å². The Balaban J connectivity index is 2.06. The van der Waals surface area contributed by atoms with Gasteiger partial charge in [-0.1, -0.05) is 0 Å². The smallest absolute Gasteiger partial charge is 0.407 e. The Kier molecular flexibility index (Phi) is 4.39. The molecule has 1 amide bonds. The first-order valence-electron chi connectivity index (χ1n) is 5.67. The van der Waals surface area contributed by atoms with Crippen molar-refractivity contribution in [3.05, 3.63) is 0 Å². The van der Waals surface area contributed by atoms with E-state index in [9.17, 15) is 4.79 Å². The van der Waals surface area contributed by atoms with E-state index in [2.05, 4.69) is 10.6 Å². The van der Waals surface area contributed by atoms with Gasteiger partial charge < -0.3 is 15.4 Å². The van der Waals surface area contributed by atoms with Crippen LogP contribution >= 0.6 is 0 Å². The van der Waals surface area contributed by atoms with Gasteiger partial charge in [0, 0.05) is 12.6 Å². The molecule has 88 valence electrons. The average Bonchev–Trinajstić information content (AvgIpc) is 2.53. The van der Waals surface area contributed by atoms with Crippen molar-refractivity contribution in [2.45, 2.75) is 51.7 Å². The van der Waals surface area contributed by atoms with E-state index < -0.39 is 5.60 Å². The standard InChI is InChI=1S/C11H22N2O2/c1-11(2,3)15-10(14)13-8-6-9-5-4-7-12-9/h9,12H,4-8H2,1-3H3,(H,13,14)/t9-/m0/s1. The summed E-state index contributed by atoms with van der Waals surface area (Å²) in [5, 5.41) is 6.15. The second-order valence-corrected chi connectivity index (χ2v) is 5.01. The van der Waals surface area contributed by atoms with Gasteiger partial charge in [0.25, 0.3) is 0 Å². The maximum Gasteiger partial charge on any atom is 0.407 e. The zero-order valence-electron chi connectivity index (χ0n) is 9.93. The van der Waals surface area contributed by atoms with Crippen LogP contribution in [0, 0.1) is 0 Å². The topological polar surface area (TPSA) is 50.4 Å². The fourth-order valence-corrected chi connectivity index (χ4v) is 1.67. The minimum Gasteiger partial charge on any atom is -0.444 e. The summed E-state index contributed by atoms with van der Waals surface area (Å²) < 4.78 is 5.13. The van der Waals surface area contributed by atoms with Crippen LogP contribution in [0.2, 0.25) is 0 Å². The second-order valence-electron chi connectivity index (χ2n) is 5.01. The lowest BCUT2D eigenvalue weighted by Crippen LogP contribution is -2.35. The quantitative estimate of drug-likeness (QED) is 0.751. The van der Waals surface area contributed by atoms with Crippen LogP contribution in [0.4, 0.5) is 4.79 Å². The third kappa shape index (κ3) is 5.62. The van der Waals surface area contributed by atoms with E-state index in [4.69, 9.17) is 4.74 Å². The molecule has 0 aliphatic carbocycles. The third-order valence-electron chi connectivity index (χ3n) is 2.32.